The summed E-state index contributed by atoms with van der Waals surface area (Å²) in [4.78, 5) is 0. The Morgan fingerprint density at radius 1 is 0.667 bits per heavy atom. The Hall–Kier alpha value is -1.66. The van der Waals surface area contributed by atoms with Gasteiger partial charge in [-0.3, -0.25) is 0 Å². The maximum Gasteiger partial charge on any atom is 0.116 e. The van der Waals surface area contributed by atoms with E-state index in [1.165, 1.54) is 15.9 Å². The highest BCUT2D eigenvalue weighted by Crippen LogP contribution is 2.57. The molecular weight excluding hydrogens is 335 g/mol. The van der Waals surface area contributed by atoms with Crippen LogP contribution in [-0.2, 0) is 4.74 Å². The van der Waals surface area contributed by atoms with Crippen molar-refractivity contribution >= 4 is 35.6 Å². The van der Waals surface area contributed by atoms with Crippen LogP contribution in [0, 0.1) is 0 Å². The van der Waals surface area contributed by atoms with Gasteiger partial charge >= 0.3 is 0 Å². The molecule has 0 saturated carbocycles. The van der Waals surface area contributed by atoms with Crippen LogP contribution in [0.1, 0.15) is 0 Å². The molecule has 3 aromatic rings. The van der Waals surface area contributed by atoms with E-state index < -0.39 is 7.26 Å². The van der Waals surface area contributed by atoms with Gasteiger partial charge in [-0.25, -0.2) is 0 Å². The maximum absolute atomic E-state index is 5.66. The second kappa shape index (κ2) is 7.49. The van der Waals surface area contributed by atoms with E-state index in [-0.39, 0.29) is 12.4 Å². The monoisotopic (exact) mass is 355 g/mol. The zero-order valence-electron chi connectivity index (χ0n) is 13.4. The molecule has 1 atom stereocenters. The topological polar surface area (TPSA) is 12.5 Å². The molecule has 24 heavy (non-hydrogen) atoms. The van der Waals surface area contributed by atoms with Gasteiger partial charge in [-0.15, -0.1) is 12.4 Å². The van der Waals surface area contributed by atoms with Crippen LogP contribution in [0.5, 0.6) is 0 Å². The van der Waals surface area contributed by atoms with Crippen LogP contribution in [0.15, 0.2) is 91.0 Å². The van der Waals surface area contributed by atoms with Crippen molar-refractivity contribution in [1.29, 1.82) is 0 Å². The van der Waals surface area contributed by atoms with Gasteiger partial charge in [-0.05, 0) is 36.4 Å². The van der Waals surface area contributed by atoms with Gasteiger partial charge < -0.3 is 4.74 Å². The predicted octanol–water partition coefficient (Wildman–Crippen LogP) is 3.80. The van der Waals surface area contributed by atoms with E-state index in [0.717, 1.165) is 12.8 Å². The number of hydrogen-bond acceptors (Lipinski definition) is 1. The summed E-state index contributed by atoms with van der Waals surface area (Å²) in [6, 6.07) is 33.0. The van der Waals surface area contributed by atoms with Gasteiger partial charge in [-0.1, -0.05) is 54.6 Å². The Bertz CT molecular complexity index is 661. The Labute approximate surface area is 150 Å². The molecule has 0 radical (unpaired) electrons. The Morgan fingerprint density at radius 2 is 1.00 bits per heavy atom. The highest BCUT2D eigenvalue weighted by Gasteiger charge is 2.49. The normalized spacial score (nSPS) is 16.2. The number of halogens is 1. The second-order valence-electron chi connectivity index (χ2n) is 5.95. The number of epoxide rings is 1. The van der Waals surface area contributed by atoms with Crippen molar-refractivity contribution < 1.29 is 4.74 Å². The van der Waals surface area contributed by atoms with Crippen LogP contribution < -0.4 is 15.9 Å². The minimum Gasteiger partial charge on any atom is -0.369 e. The molecule has 4 rings (SSSR count). The lowest BCUT2D eigenvalue weighted by molar-refractivity contribution is 0.425. The SMILES string of the molecule is Cl.c1ccc([P+](CC2CO2)(c2ccccc2)c2ccccc2)cc1. The van der Waals surface area contributed by atoms with E-state index in [4.69, 9.17) is 4.74 Å². The Kier molecular flexibility index (Phi) is 5.36. The third kappa shape index (κ3) is 3.26. The van der Waals surface area contributed by atoms with E-state index >= 15 is 0 Å². The molecule has 1 unspecified atom stereocenters. The second-order valence-corrected chi connectivity index (χ2v) is 9.49. The van der Waals surface area contributed by atoms with Crippen molar-refractivity contribution in [2.24, 2.45) is 0 Å². The summed E-state index contributed by atoms with van der Waals surface area (Å²) in [5.74, 6) is 0. The quantitative estimate of drug-likeness (QED) is 0.501. The van der Waals surface area contributed by atoms with Gasteiger partial charge in [-0.2, -0.15) is 0 Å². The largest absolute Gasteiger partial charge is 0.369 e. The first-order valence-electron chi connectivity index (χ1n) is 8.06. The highest BCUT2D eigenvalue weighted by molar-refractivity contribution is 7.95. The van der Waals surface area contributed by atoms with Crippen LogP contribution in [0.3, 0.4) is 0 Å². The fourth-order valence-corrected chi connectivity index (χ4v) is 7.68. The van der Waals surface area contributed by atoms with Crippen molar-refractivity contribution in [2.75, 3.05) is 12.8 Å². The van der Waals surface area contributed by atoms with Crippen molar-refractivity contribution in [3.8, 4) is 0 Å². The standard InChI is InChI=1S/C21H20OP.ClH/c1-4-10-19(11-5-1)23(17-18-16-22-18,20-12-6-2-7-13-20)21-14-8-3-9-15-21;/h1-15,18H,16-17H2;1H/q+1;. The van der Waals surface area contributed by atoms with Gasteiger partial charge in [0.15, 0.2) is 0 Å². The number of rotatable bonds is 5. The van der Waals surface area contributed by atoms with Crippen LogP contribution in [0.2, 0.25) is 0 Å². The molecule has 0 N–H and O–H groups in total. The first kappa shape index (κ1) is 17.2. The zero-order valence-corrected chi connectivity index (χ0v) is 15.1. The fraction of sp³-hybridized carbons (Fsp3) is 0.143. The van der Waals surface area contributed by atoms with Gasteiger partial charge in [0.1, 0.15) is 35.4 Å². The molecule has 1 nitrogen and oxygen atoms in total. The Balaban J connectivity index is 0.00000169. The van der Waals surface area contributed by atoms with Crippen LogP contribution in [0.4, 0.5) is 0 Å². The molecule has 0 amide bonds. The van der Waals surface area contributed by atoms with E-state index in [9.17, 15) is 0 Å². The molecule has 1 fully saturated rings. The summed E-state index contributed by atoms with van der Waals surface area (Å²) < 4.78 is 5.66. The summed E-state index contributed by atoms with van der Waals surface area (Å²) in [6.45, 7) is 0.897. The molecule has 3 heteroatoms. The van der Waals surface area contributed by atoms with E-state index in [0.29, 0.717) is 6.10 Å². The van der Waals surface area contributed by atoms with Crippen molar-refractivity contribution in [1.82, 2.24) is 0 Å². The minimum absolute atomic E-state index is 0. The van der Waals surface area contributed by atoms with E-state index in [1.807, 2.05) is 0 Å². The summed E-state index contributed by atoms with van der Waals surface area (Å²) in [7, 11) is -1.67. The number of hydrogen-bond donors (Lipinski definition) is 0. The highest BCUT2D eigenvalue weighted by atomic mass is 35.5. The van der Waals surface area contributed by atoms with Gasteiger partial charge in [0.25, 0.3) is 0 Å². The third-order valence-corrected chi connectivity index (χ3v) is 8.96. The van der Waals surface area contributed by atoms with E-state index in [1.54, 1.807) is 0 Å². The van der Waals surface area contributed by atoms with Crippen LogP contribution >= 0.6 is 19.7 Å². The molecule has 1 aliphatic rings. The summed E-state index contributed by atoms with van der Waals surface area (Å²) in [5.41, 5.74) is 0. The van der Waals surface area contributed by atoms with Crippen molar-refractivity contribution in [3.05, 3.63) is 91.0 Å². The van der Waals surface area contributed by atoms with Gasteiger partial charge in [0.05, 0.1) is 6.61 Å². The van der Waals surface area contributed by atoms with Crippen LogP contribution in [-0.4, -0.2) is 18.9 Å². The Morgan fingerprint density at radius 3 is 1.29 bits per heavy atom. The average molecular weight is 356 g/mol. The lowest BCUT2D eigenvalue weighted by Gasteiger charge is -2.27. The number of benzene rings is 3. The molecule has 0 aromatic heterocycles. The lowest BCUT2D eigenvalue weighted by atomic mass is 10.4. The molecule has 1 saturated heterocycles. The minimum atomic E-state index is -1.67. The number of ether oxygens (including phenoxy) is 1. The molecule has 0 spiro atoms. The first-order valence-corrected chi connectivity index (χ1v) is 10.0. The molecule has 122 valence electrons. The third-order valence-electron chi connectivity index (χ3n) is 4.47. The van der Waals surface area contributed by atoms with E-state index in [2.05, 4.69) is 91.0 Å². The van der Waals surface area contributed by atoms with Crippen LogP contribution in [0.25, 0.3) is 0 Å². The summed E-state index contributed by atoms with van der Waals surface area (Å²) in [5, 5.41) is 4.31. The smallest absolute Gasteiger partial charge is 0.116 e. The maximum atomic E-state index is 5.66. The summed E-state index contributed by atoms with van der Waals surface area (Å²) in [6.07, 6.45) is 1.48. The van der Waals surface area contributed by atoms with Gasteiger partial charge in [0, 0.05) is 0 Å². The van der Waals surface area contributed by atoms with Crippen molar-refractivity contribution in [3.63, 3.8) is 0 Å². The van der Waals surface area contributed by atoms with Gasteiger partial charge in [0.2, 0.25) is 0 Å². The average Bonchev–Trinajstić information content (AvgIpc) is 3.46. The predicted molar refractivity (Wildman–Crippen MR) is 107 cm³/mol. The fourth-order valence-electron chi connectivity index (χ4n) is 3.29. The zero-order chi connectivity index (χ0) is 15.5. The molecule has 1 aliphatic heterocycles. The molecule has 3 aromatic carbocycles. The molecule has 0 bridgehead atoms. The molecule has 1 heterocycles. The molecule has 0 aliphatic carbocycles. The first-order chi connectivity index (χ1) is 11.4. The summed E-state index contributed by atoms with van der Waals surface area (Å²) >= 11 is 0. The molecular formula is C21H21ClOP+. The lowest BCUT2D eigenvalue weighted by Crippen LogP contribution is -2.34. The van der Waals surface area contributed by atoms with Crippen molar-refractivity contribution in [2.45, 2.75) is 6.10 Å².